The number of hydrogen-bond acceptors (Lipinski definition) is 7. The van der Waals surface area contributed by atoms with Crippen LogP contribution >= 0.6 is 11.8 Å². The van der Waals surface area contributed by atoms with E-state index in [-0.39, 0.29) is 6.61 Å². The minimum absolute atomic E-state index is 0.263. The van der Waals surface area contributed by atoms with E-state index in [1.165, 1.54) is 11.8 Å². The number of methoxy groups -OCH3 is 1. The van der Waals surface area contributed by atoms with Gasteiger partial charge in [0, 0.05) is 23.8 Å². The summed E-state index contributed by atoms with van der Waals surface area (Å²) in [4.78, 5) is 16.9. The summed E-state index contributed by atoms with van der Waals surface area (Å²) < 4.78 is 10.5. The van der Waals surface area contributed by atoms with Crippen LogP contribution in [0.3, 0.4) is 0 Å². The number of allylic oxidation sites excluding steroid dienone is 2. The number of nitriles is 1. The van der Waals surface area contributed by atoms with Crippen molar-refractivity contribution >= 4 is 17.7 Å². The van der Waals surface area contributed by atoms with Crippen molar-refractivity contribution in [2.24, 2.45) is 0 Å². The van der Waals surface area contributed by atoms with Gasteiger partial charge in [-0.1, -0.05) is 18.2 Å². The molecule has 154 valence electrons. The fourth-order valence-corrected chi connectivity index (χ4v) is 4.30. The van der Waals surface area contributed by atoms with E-state index < -0.39 is 11.9 Å². The van der Waals surface area contributed by atoms with Gasteiger partial charge in [0.05, 0.1) is 41.9 Å². The van der Waals surface area contributed by atoms with E-state index in [9.17, 15) is 10.1 Å². The van der Waals surface area contributed by atoms with Crippen LogP contribution in [0.25, 0.3) is 0 Å². The number of pyridine rings is 1. The van der Waals surface area contributed by atoms with Crippen LogP contribution < -0.4 is 10.1 Å². The van der Waals surface area contributed by atoms with Gasteiger partial charge in [-0.2, -0.15) is 5.26 Å². The summed E-state index contributed by atoms with van der Waals surface area (Å²) in [5.74, 6) is 0.420. The number of nitrogens with one attached hydrogen (secondary N) is 1. The molecule has 3 rings (SSSR count). The van der Waals surface area contributed by atoms with E-state index in [1.54, 1.807) is 26.4 Å². The second kappa shape index (κ2) is 9.99. The summed E-state index contributed by atoms with van der Waals surface area (Å²) >= 11 is 1.52. The summed E-state index contributed by atoms with van der Waals surface area (Å²) in [6, 6.07) is 13.6. The predicted octanol–water partition coefficient (Wildman–Crippen LogP) is 4.28. The Labute approximate surface area is 180 Å². The Balaban J connectivity index is 2.02. The van der Waals surface area contributed by atoms with Crippen molar-refractivity contribution in [3.05, 3.63) is 81.8 Å². The number of dihydropyridines is 1. The summed E-state index contributed by atoms with van der Waals surface area (Å²) in [6.07, 6.45) is 3.53. The Morgan fingerprint density at radius 3 is 2.67 bits per heavy atom. The maximum atomic E-state index is 12.8. The van der Waals surface area contributed by atoms with Gasteiger partial charge in [-0.25, -0.2) is 4.79 Å². The first kappa shape index (κ1) is 21.5. The molecule has 7 heteroatoms. The quantitative estimate of drug-likeness (QED) is 0.668. The third-order valence-electron chi connectivity index (χ3n) is 4.70. The topological polar surface area (TPSA) is 84.2 Å². The Kier molecular flexibility index (Phi) is 7.15. The molecule has 2 heterocycles. The largest absolute Gasteiger partial charge is 0.497 e. The van der Waals surface area contributed by atoms with Crippen LogP contribution in [0.15, 0.2) is 70.7 Å². The molecule has 2 aromatic rings. The van der Waals surface area contributed by atoms with Crippen molar-refractivity contribution < 1.29 is 14.3 Å². The lowest BCUT2D eigenvalue weighted by molar-refractivity contribution is -0.138. The normalized spacial score (nSPS) is 16.0. The molecule has 30 heavy (non-hydrogen) atoms. The Bertz CT molecular complexity index is 1010. The van der Waals surface area contributed by atoms with E-state index in [0.29, 0.717) is 28.3 Å². The molecule has 0 radical (unpaired) electrons. The number of aromatic nitrogens is 1. The van der Waals surface area contributed by atoms with Gasteiger partial charge >= 0.3 is 5.97 Å². The van der Waals surface area contributed by atoms with E-state index >= 15 is 0 Å². The maximum absolute atomic E-state index is 12.8. The summed E-state index contributed by atoms with van der Waals surface area (Å²) in [5, 5.41) is 14.0. The van der Waals surface area contributed by atoms with Crippen LogP contribution in [0.4, 0.5) is 0 Å². The van der Waals surface area contributed by atoms with Gasteiger partial charge in [0.25, 0.3) is 0 Å². The lowest BCUT2D eigenvalue weighted by Crippen LogP contribution is -2.28. The van der Waals surface area contributed by atoms with Gasteiger partial charge in [0.2, 0.25) is 0 Å². The highest BCUT2D eigenvalue weighted by atomic mass is 32.2. The smallest absolute Gasteiger partial charge is 0.336 e. The summed E-state index contributed by atoms with van der Waals surface area (Å²) in [7, 11) is 1.60. The Morgan fingerprint density at radius 1 is 1.30 bits per heavy atom. The molecule has 1 aromatic carbocycles. The van der Waals surface area contributed by atoms with E-state index in [0.717, 1.165) is 16.2 Å². The van der Waals surface area contributed by atoms with Gasteiger partial charge in [-0.05, 0) is 43.2 Å². The lowest BCUT2D eigenvalue weighted by Gasteiger charge is -2.29. The van der Waals surface area contributed by atoms with Crippen LogP contribution in [0.1, 0.15) is 30.9 Å². The van der Waals surface area contributed by atoms with E-state index in [2.05, 4.69) is 16.4 Å². The monoisotopic (exact) mass is 421 g/mol. The highest BCUT2D eigenvalue weighted by molar-refractivity contribution is 8.02. The van der Waals surface area contributed by atoms with E-state index in [4.69, 9.17) is 9.47 Å². The number of thioether (sulfide) groups is 1. The van der Waals surface area contributed by atoms with Crippen molar-refractivity contribution in [1.82, 2.24) is 10.3 Å². The fraction of sp³-hybridized carbons (Fsp3) is 0.261. The van der Waals surface area contributed by atoms with Gasteiger partial charge < -0.3 is 14.8 Å². The second-order valence-corrected chi connectivity index (χ2v) is 7.58. The molecule has 1 N–H and O–H groups in total. The molecule has 1 atom stereocenters. The van der Waals surface area contributed by atoms with Crippen molar-refractivity contribution in [1.29, 1.82) is 5.26 Å². The standard InChI is InChI=1S/C23H23N3O3S/c1-4-29-23(27)20-15(2)26-22(30-14-16-6-5-11-25-13-16)19(12-24)21(20)17-7-9-18(28-3)10-8-17/h5-11,13,21,26H,4,14H2,1-3H3. The van der Waals surface area contributed by atoms with Crippen LogP contribution in [0.2, 0.25) is 0 Å². The molecule has 1 aromatic heterocycles. The van der Waals surface area contributed by atoms with Gasteiger partial charge in [-0.3, -0.25) is 4.98 Å². The number of carbonyl (C=O) groups is 1. The zero-order chi connectivity index (χ0) is 21.5. The molecular weight excluding hydrogens is 398 g/mol. The van der Waals surface area contributed by atoms with Crippen LogP contribution in [-0.4, -0.2) is 24.7 Å². The minimum Gasteiger partial charge on any atom is -0.497 e. The Morgan fingerprint density at radius 2 is 2.07 bits per heavy atom. The molecule has 0 aliphatic carbocycles. The average molecular weight is 422 g/mol. The maximum Gasteiger partial charge on any atom is 0.336 e. The summed E-state index contributed by atoms with van der Waals surface area (Å²) in [5.41, 5.74) is 3.50. The molecule has 1 aliphatic heterocycles. The molecule has 0 saturated carbocycles. The molecule has 0 amide bonds. The fourth-order valence-electron chi connectivity index (χ4n) is 3.27. The van der Waals surface area contributed by atoms with Gasteiger partial charge in [0.1, 0.15) is 5.75 Å². The lowest BCUT2D eigenvalue weighted by atomic mass is 9.82. The third-order valence-corrected chi connectivity index (χ3v) is 5.79. The van der Waals surface area contributed by atoms with E-state index in [1.807, 2.05) is 43.3 Å². The first-order chi connectivity index (χ1) is 14.6. The number of hydrogen-bond donors (Lipinski definition) is 1. The number of esters is 1. The highest BCUT2D eigenvalue weighted by Gasteiger charge is 2.35. The van der Waals surface area contributed by atoms with Crippen LogP contribution in [0, 0.1) is 11.3 Å². The molecular formula is C23H23N3O3S. The van der Waals surface area contributed by atoms with Crippen molar-refractivity contribution in [3.63, 3.8) is 0 Å². The number of rotatable bonds is 7. The number of carbonyl (C=O) groups excluding carboxylic acids is 1. The average Bonchev–Trinajstić information content (AvgIpc) is 2.78. The SMILES string of the molecule is CCOC(=O)C1=C(C)NC(SCc2cccnc2)=C(C#N)C1c1ccc(OC)cc1. The number of benzene rings is 1. The minimum atomic E-state index is -0.516. The number of nitrogens with zero attached hydrogens (tertiary/aromatic N) is 2. The van der Waals surface area contributed by atoms with Crippen molar-refractivity contribution in [2.45, 2.75) is 25.5 Å². The van der Waals surface area contributed by atoms with Crippen molar-refractivity contribution in [2.75, 3.05) is 13.7 Å². The van der Waals surface area contributed by atoms with Crippen molar-refractivity contribution in [3.8, 4) is 11.8 Å². The zero-order valence-corrected chi connectivity index (χ0v) is 18.0. The van der Waals surface area contributed by atoms with Gasteiger partial charge in [-0.15, -0.1) is 11.8 Å². The van der Waals surface area contributed by atoms with Crippen LogP contribution in [-0.2, 0) is 15.3 Å². The molecule has 0 spiro atoms. The molecule has 1 unspecified atom stereocenters. The zero-order valence-electron chi connectivity index (χ0n) is 17.1. The predicted molar refractivity (Wildman–Crippen MR) is 116 cm³/mol. The Hall–Kier alpha value is -3.24. The second-order valence-electron chi connectivity index (χ2n) is 6.59. The number of ether oxygens (including phenoxy) is 2. The summed E-state index contributed by atoms with van der Waals surface area (Å²) in [6.45, 7) is 3.86. The van der Waals surface area contributed by atoms with Gasteiger partial charge in [0.15, 0.2) is 0 Å². The molecule has 6 nitrogen and oxygen atoms in total. The first-order valence-corrected chi connectivity index (χ1v) is 10.5. The molecule has 0 fully saturated rings. The third kappa shape index (κ3) is 4.66. The molecule has 1 aliphatic rings. The highest BCUT2D eigenvalue weighted by Crippen LogP contribution is 2.41. The molecule has 0 saturated heterocycles. The first-order valence-electron chi connectivity index (χ1n) is 9.53. The van der Waals surface area contributed by atoms with Crippen LogP contribution in [0.5, 0.6) is 5.75 Å². The molecule has 0 bridgehead atoms.